The van der Waals surface area contributed by atoms with Crippen molar-refractivity contribution in [3.63, 3.8) is 0 Å². The third-order valence-electron chi connectivity index (χ3n) is 5.10. The molecule has 0 unspecified atom stereocenters. The average Bonchev–Trinajstić information content (AvgIpc) is 2.71. The van der Waals surface area contributed by atoms with Crippen LogP contribution in [-0.2, 0) is 11.3 Å². The number of rotatable bonds is 6. The van der Waals surface area contributed by atoms with Crippen LogP contribution in [0, 0.1) is 5.92 Å². The van der Waals surface area contributed by atoms with E-state index in [1.165, 1.54) is 14.2 Å². The zero-order chi connectivity index (χ0) is 21.0. The molecule has 1 saturated heterocycles. The van der Waals surface area contributed by atoms with Crippen molar-refractivity contribution in [2.75, 3.05) is 32.6 Å². The van der Waals surface area contributed by atoms with Crippen LogP contribution in [0.15, 0.2) is 30.3 Å². The molecule has 3 rings (SSSR count). The summed E-state index contributed by atoms with van der Waals surface area (Å²) in [6.45, 7) is 2.38. The van der Waals surface area contributed by atoms with Gasteiger partial charge in [0.1, 0.15) is 11.5 Å². The molecular weight excluding hydrogens is 435 g/mol. The van der Waals surface area contributed by atoms with Gasteiger partial charge in [-0.1, -0.05) is 40.9 Å². The Morgan fingerprint density at radius 1 is 1.03 bits per heavy atom. The monoisotopic (exact) mass is 456 g/mol. The van der Waals surface area contributed by atoms with Gasteiger partial charge in [-0.05, 0) is 43.6 Å². The van der Waals surface area contributed by atoms with Gasteiger partial charge >= 0.3 is 0 Å². The number of hydrogen-bond acceptors (Lipinski definition) is 4. The first kappa shape index (κ1) is 22.0. The highest BCUT2D eigenvalue weighted by Gasteiger charge is 2.26. The van der Waals surface area contributed by atoms with Crippen LogP contribution in [0.5, 0.6) is 11.5 Å². The molecule has 0 atom stereocenters. The van der Waals surface area contributed by atoms with Crippen molar-refractivity contribution >= 4 is 46.4 Å². The standard InChI is InChI=1S/C21H23Cl3N2O3/c1-28-19-11-18(20(29-2)10-17(19)24)25-21(27)13-5-7-26(8-6-13)12-14-3-4-15(22)9-16(14)23/h3-4,9-11,13H,5-8,12H2,1-2H3,(H,25,27). The number of carbonyl (C=O) groups is 1. The Kier molecular flexibility index (Phi) is 7.52. The summed E-state index contributed by atoms with van der Waals surface area (Å²) in [7, 11) is 3.07. The second-order valence-corrected chi connectivity index (χ2v) is 8.21. The van der Waals surface area contributed by atoms with E-state index in [-0.39, 0.29) is 11.8 Å². The van der Waals surface area contributed by atoms with Gasteiger partial charge in [-0.2, -0.15) is 0 Å². The van der Waals surface area contributed by atoms with Gasteiger partial charge in [-0.25, -0.2) is 0 Å². The number of nitrogens with one attached hydrogen (secondary N) is 1. The third-order valence-corrected chi connectivity index (χ3v) is 5.98. The fraction of sp³-hybridized carbons (Fsp3) is 0.381. The van der Waals surface area contributed by atoms with Gasteiger partial charge in [-0.15, -0.1) is 0 Å². The quantitative estimate of drug-likeness (QED) is 0.621. The molecule has 5 nitrogen and oxygen atoms in total. The summed E-state index contributed by atoms with van der Waals surface area (Å²) in [5.74, 6) is 0.881. The smallest absolute Gasteiger partial charge is 0.227 e. The van der Waals surface area contributed by atoms with E-state index in [1.807, 2.05) is 12.1 Å². The van der Waals surface area contributed by atoms with E-state index < -0.39 is 0 Å². The van der Waals surface area contributed by atoms with E-state index in [0.29, 0.717) is 32.3 Å². The van der Waals surface area contributed by atoms with E-state index in [9.17, 15) is 4.79 Å². The number of anilines is 1. The van der Waals surface area contributed by atoms with Crippen LogP contribution in [-0.4, -0.2) is 38.1 Å². The maximum absolute atomic E-state index is 12.8. The van der Waals surface area contributed by atoms with Crippen LogP contribution < -0.4 is 14.8 Å². The number of piperidine rings is 1. The van der Waals surface area contributed by atoms with Gasteiger partial charge in [-0.3, -0.25) is 9.69 Å². The minimum atomic E-state index is -0.0710. The highest BCUT2D eigenvalue weighted by molar-refractivity contribution is 6.35. The molecule has 1 aliphatic heterocycles. The van der Waals surface area contributed by atoms with Crippen molar-refractivity contribution in [2.24, 2.45) is 5.92 Å². The van der Waals surface area contributed by atoms with E-state index >= 15 is 0 Å². The van der Waals surface area contributed by atoms with Crippen LogP contribution in [0.25, 0.3) is 0 Å². The van der Waals surface area contributed by atoms with Crippen LogP contribution in [0.1, 0.15) is 18.4 Å². The molecule has 2 aromatic carbocycles. The SMILES string of the molecule is COc1cc(NC(=O)C2CCN(Cc3ccc(Cl)cc3Cl)CC2)c(OC)cc1Cl. The molecular formula is C21H23Cl3N2O3. The van der Waals surface area contributed by atoms with Crippen molar-refractivity contribution in [3.8, 4) is 11.5 Å². The lowest BCUT2D eigenvalue weighted by atomic mass is 9.95. The number of ether oxygens (including phenoxy) is 2. The Morgan fingerprint density at radius 3 is 2.34 bits per heavy atom. The van der Waals surface area contributed by atoms with Crippen LogP contribution in [0.2, 0.25) is 15.1 Å². The second-order valence-electron chi connectivity index (χ2n) is 6.96. The number of methoxy groups -OCH3 is 2. The molecule has 0 aliphatic carbocycles. The first-order valence-electron chi connectivity index (χ1n) is 9.30. The largest absolute Gasteiger partial charge is 0.495 e. The predicted molar refractivity (Wildman–Crippen MR) is 118 cm³/mol. The van der Waals surface area contributed by atoms with Gasteiger partial charge in [0, 0.05) is 34.6 Å². The normalized spacial score (nSPS) is 15.2. The molecule has 156 valence electrons. The molecule has 1 fully saturated rings. The van der Waals surface area contributed by atoms with Crippen LogP contribution in [0.4, 0.5) is 5.69 Å². The van der Waals surface area contributed by atoms with E-state index in [1.54, 1.807) is 18.2 Å². The molecule has 0 spiro atoms. The Hall–Kier alpha value is -1.66. The van der Waals surface area contributed by atoms with Crippen molar-refractivity contribution in [1.82, 2.24) is 4.90 Å². The molecule has 2 aromatic rings. The molecule has 0 aromatic heterocycles. The molecule has 29 heavy (non-hydrogen) atoms. The third kappa shape index (κ3) is 5.48. The first-order valence-corrected chi connectivity index (χ1v) is 10.4. The molecule has 1 amide bonds. The molecule has 1 N–H and O–H groups in total. The predicted octanol–water partition coefficient (Wildman–Crippen LogP) is 5.51. The maximum Gasteiger partial charge on any atom is 0.227 e. The summed E-state index contributed by atoms with van der Waals surface area (Å²) >= 11 is 18.4. The molecule has 0 radical (unpaired) electrons. The fourth-order valence-electron chi connectivity index (χ4n) is 3.44. The van der Waals surface area contributed by atoms with Gasteiger partial charge in [0.05, 0.1) is 24.9 Å². The number of likely N-dealkylation sites (tertiary alicyclic amines) is 1. The molecule has 1 heterocycles. The summed E-state index contributed by atoms with van der Waals surface area (Å²) < 4.78 is 10.6. The molecule has 8 heteroatoms. The van der Waals surface area contributed by atoms with Crippen molar-refractivity contribution in [3.05, 3.63) is 51.0 Å². The zero-order valence-electron chi connectivity index (χ0n) is 16.3. The van der Waals surface area contributed by atoms with Crippen LogP contribution >= 0.6 is 34.8 Å². The minimum absolute atomic E-state index is 0.0307. The number of nitrogens with zero attached hydrogens (tertiary/aromatic N) is 1. The second kappa shape index (κ2) is 9.90. The van der Waals surface area contributed by atoms with Crippen molar-refractivity contribution < 1.29 is 14.3 Å². The summed E-state index contributed by atoms with van der Waals surface area (Å²) in [6.07, 6.45) is 1.54. The highest BCUT2D eigenvalue weighted by Crippen LogP contribution is 2.36. The van der Waals surface area contributed by atoms with Gasteiger partial charge in [0.2, 0.25) is 5.91 Å². The minimum Gasteiger partial charge on any atom is -0.495 e. The maximum atomic E-state index is 12.8. The number of amides is 1. The lowest BCUT2D eigenvalue weighted by molar-refractivity contribution is -0.121. The first-order chi connectivity index (χ1) is 13.9. The number of benzene rings is 2. The topological polar surface area (TPSA) is 50.8 Å². The van der Waals surface area contributed by atoms with Crippen molar-refractivity contribution in [2.45, 2.75) is 19.4 Å². The number of hydrogen-bond donors (Lipinski definition) is 1. The number of carbonyl (C=O) groups excluding carboxylic acids is 1. The van der Waals surface area contributed by atoms with E-state index in [0.717, 1.165) is 38.0 Å². The number of halogens is 3. The summed E-state index contributed by atoms with van der Waals surface area (Å²) in [5, 5.41) is 4.68. The Morgan fingerprint density at radius 2 is 1.72 bits per heavy atom. The van der Waals surface area contributed by atoms with Gasteiger partial charge < -0.3 is 14.8 Å². The lowest BCUT2D eigenvalue weighted by Crippen LogP contribution is -2.37. The van der Waals surface area contributed by atoms with Gasteiger partial charge in [0.25, 0.3) is 0 Å². The molecule has 0 saturated carbocycles. The van der Waals surface area contributed by atoms with Gasteiger partial charge in [0.15, 0.2) is 0 Å². The Labute approximate surface area is 185 Å². The summed E-state index contributed by atoms with van der Waals surface area (Å²) in [6, 6.07) is 8.86. The summed E-state index contributed by atoms with van der Waals surface area (Å²) in [5.41, 5.74) is 1.59. The van der Waals surface area contributed by atoms with Crippen LogP contribution in [0.3, 0.4) is 0 Å². The Bertz CT molecular complexity index is 884. The fourth-order valence-corrected chi connectivity index (χ4v) is 4.14. The molecule has 1 aliphatic rings. The molecule has 0 bridgehead atoms. The Balaban J connectivity index is 1.59. The highest BCUT2D eigenvalue weighted by atomic mass is 35.5. The van der Waals surface area contributed by atoms with Crippen molar-refractivity contribution in [1.29, 1.82) is 0 Å². The zero-order valence-corrected chi connectivity index (χ0v) is 18.6. The average molecular weight is 458 g/mol. The summed E-state index contributed by atoms with van der Waals surface area (Å²) in [4.78, 5) is 15.1. The van der Waals surface area contributed by atoms with E-state index in [4.69, 9.17) is 44.3 Å². The lowest BCUT2D eigenvalue weighted by Gasteiger charge is -2.31. The van der Waals surface area contributed by atoms with E-state index in [2.05, 4.69) is 10.2 Å².